The van der Waals surface area contributed by atoms with Gasteiger partial charge in [0.25, 0.3) is 0 Å². The van der Waals surface area contributed by atoms with Crippen molar-refractivity contribution in [1.82, 2.24) is 0 Å². The molecule has 1 aliphatic heterocycles. The van der Waals surface area contributed by atoms with E-state index in [0.29, 0.717) is 36.5 Å². The van der Waals surface area contributed by atoms with Gasteiger partial charge in [-0.3, -0.25) is 0 Å². The molecule has 2 nitrogen and oxygen atoms in total. The van der Waals surface area contributed by atoms with Crippen LogP contribution in [0.15, 0.2) is 60.9 Å². The molecule has 1 heterocycles. The Hall–Kier alpha value is -3.12. The highest BCUT2D eigenvalue weighted by atomic mass is 19.2. The van der Waals surface area contributed by atoms with Crippen molar-refractivity contribution in [3.05, 3.63) is 89.7 Å². The molecule has 3 aromatic rings. The molecule has 3 aromatic carbocycles. The van der Waals surface area contributed by atoms with E-state index in [9.17, 15) is 8.78 Å². The van der Waals surface area contributed by atoms with E-state index in [2.05, 4.69) is 6.92 Å². The molecule has 1 aliphatic rings. The molecule has 0 amide bonds. The predicted molar refractivity (Wildman–Crippen MR) is 147 cm³/mol. The van der Waals surface area contributed by atoms with Crippen LogP contribution >= 0.6 is 0 Å². The average molecular weight is 541 g/mol. The van der Waals surface area contributed by atoms with Crippen LogP contribution in [-0.2, 0) is 4.74 Å². The van der Waals surface area contributed by atoms with Gasteiger partial charge in [0.1, 0.15) is 0 Å². The maximum absolute atomic E-state index is 15.2. The van der Waals surface area contributed by atoms with Crippen molar-refractivity contribution >= 4 is 0 Å². The second kappa shape index (κ2) is 13.8. The summed E-state index contributed by atoms with van der Waals surface area (Å²) in [6, 6.07) is 12.2. The summed E-state index contributed by atoms with van der Waals surface area (Å²) in [4.78, 5) is 0. The first kappa shape index (κ1) is 28.9. The lowest BCUT2D eigenvalue weighted by Crippen LogP contribution is -2.21. The molecule has 4 rings (SSSR count). The second-order valence-corrected chi connectivity index (χ2v) is 10.2. The fourth-order valence-electron chi connectivity index (χ4n) is 5.07. The summed E-state index contributed by atoms with van der Waals surface area (Å²) in [5.74, 6) is -3.70. The van der Waals surface area contributed by atoms with Gasteiger partial charge in [0.05, 0.1) is 19.0 Å². The summed E-state index contributed by atoms with van der Waals surface area (Å²) < 4.78 is 70.6. The van der Waals surface area contributed by atoms with Gasteiger partial charge >= 0.3 is 0 Å². The molecule has 1 saturated heterocycles. The quantitative estimate of drug-likeness (QED) is 0.137. The molecule has 0 radical (unpaired) electrons. The van der Waals surface area contributed by atoms with Crippen LogP contribution in [0.2, 0.25) is 0 Å². The number of hydrogen-bond donors (Lipinski definition) is 0. The van der Waals surface area contributed by atoms with Crippen LogP contribution in [0.25, 0.3) is 22.3 Å². The molecule has 6 heteroatoms. The topological polar surface area (TPSA) is 18.5 Å². The van der Waals surface area contributed by atoms with Gasteiger partial charge in [-0.25, -0.2) is 13.2 Å². The Morgan fingerprint density at radius 1 is 0.769 bits per heavy atom. The van der Waals surface area contributed by atoms with Crippen molar-refractivity contribution in [3.63, 3.8) is 0 Å². The molecular weight excluding hydrogens is 504 g/mol. The van der Waals surface area contributed by atoms with Crippen molar-refractivity contribution in [1.29, 1.82) is 0 Å². The first-order chi connectivity index (χ1) is 18.9. The molecule has 0 spiro atoms. The molecule has 0 aromatic heterocycles. The number of ether oxygens (including phenoxy) is 2. The number of allylic oxidation sites excluding steroid dienone is 1. The van der Waals surface area contributed by atoms with E-state index in [1.54, 1.807) is 42.5 Å². The molecule has 0 aliphatic carbocycles. The smallest absolute Gasteiger partial charge is 0.201 e. The Labute approximate surface area is 228 Å². The summed E-state index contributed by atoms with van der Waals surface area (Å²) in [6.45, 7) is 4.66. The number of unbranched alkanes of at least 4 members (excludes halogenated alkanes) is 3. The lowest BCUT2D eigenvalue weighted by Gasteiger charge is -2.29. The van der Waals surface area contributed by atoms with Crippen LogP contribution < -0.4 is 4.74 Å². The normalized spacial score (nSPS) is 17.6. The van der Waals surface area contributed by atoms with Gasteiger partial charge in [0.15, 0.2) is 23.2 Å². The highest BCUT2D eigenvalue weighted by molar-refractivity contribution is 5.71. The Morgan fingerprint density at radius 3 is 2.05 bits per heavy atom. The molecule has 2 atom stereocenters. The first-order valence-electron chi connectivity index (χ1n) is 13.9. The third kappa shape index (κ3) is 6.91. The highest BCUT2D eigenvalue weighted by Gasteiger charge is 2.27. The number of rotatable bonds is 11. The fraction of sp³-hybridized carbons (Fsp3) is 0.394. The van der Waals surface area contributed by atoms with Crippen molar-refractivity contribution in [3.8, 4) is 28.0 Å². The van der Waals surface area contributed by atoms with E-state index in [1.165, 1.54) is 44.1 Å². The molecule has 0 N–H and O–H groups in total. The van der Waals surface area contributed by atoms with Crippen molar-refractivity contribution in [2.75, 3.05) is 6.61 Å². The fourth-order valence-corrected chi connectivity index (χ4v) is 5.07. The van der Waals surface area contributed by atoms with E-state index >= 15 is 8.78 Å². The summed E-state index contributed by atoms with van der Waals surface area (Å²) >= 11 is 0. The molecule has 208 valence electrons. The molecule has 39 heavy (non-hydrogen) atoms. The van der Waals surface area contributed by atoms with Crippen molar-refractivity contribution < 1.29 is 27.0 Å². The van der Waals surface area contributed by atoms with Gasteiger partial charge in [-0.2, -0.15) is 4.39 Å². The summed E-state index contributed by atoms with van der Waals surface area (Å²) in [5.41, 5.74) is 1.23. The largest absolute Gasteiger partial charge is 0.462 e. The van der Waals surface area contributed by atoms with Gasteiger partial charge < -0.3 is 9.47 Å². The third-order valence-electron chi connectivity index (χ3n) is 7.38. The van der Waals surface area contributed by atoms with E-state index in [-0.39, 0.29) is 22.4 Å². The Morgan fingerprint density at radius 2 is 1.44 bits per heavy atom. The van der Waals surface area contributed by atoms with E-state index in [4.69, 9.17) is 9.47 Å². The number of benzene rings is 3. The minimum Gasteiger partial charge on any atom is -0.462 e. The minimum absolute atomic E-state index is 0.0472. The lowest BCUT2D eigenvalue weighted by molar-refractivity contribution is -0.0218. The number of hydrogen-bond acceptors (Lipinski definition) is 2. The summed E-state index contributed by atoms with van der Waals surface area (Å²) in [5, 5.41) is 0. The maximum atomic E-state index is 15.2. The van der Waals surface area contributed by atoms with Crippen LogP contribution in [0.4, 0.5) is 17.6 Å². The van der Waals surface area contributed by atoms with Crippen LogP contribution in [0, 0.1) is 29.2 Å². The highest BCUT2D eigenvalue weighted by Crippen LogP contribution is 2.37. The second-order valence-electron chi connectivity index (χ2n) is 10.2. The average Bonchev–Trinajstić information content (AvgIpc) is 2.96. The first-order valence-corrected chi connectivity index (χ1v) is 13.9. The van der Waals surface area contributed by atoms with E-state index < -0.39 is 29.4 Å². The Balaban J connectivity index is 1.45. The van der Waals surface area contributed by atoms with Crippen LogP contribution in [0.5, 0.6) is 5.75 Å². The van der Waals surface area contributed by atoms with Gasteiger partial charge in [-0.05, 0) is 60.9 Å². The van der Waals surface area contributed by atoms with Crippen molar-refractivity contribution in [2.45, 2.75) is 71.3 Å². The maximum Gasteiger partial charge on any atom is 0.201 e. The van der Waals surface area contributed by atoms with Gasteiger partial charge in [0.2, 0.25) is 5.82 Å². The zero-order valence-electron chi connectivity index (χ0n) is 22.6. The van der Waals surface area contributed by atoms with Crippen LogP contribution in [-0.4, -0.2) is 6.61 Å². The van der Waals surface area contributed by atoms with E-state index in [0.717, 1.165) is 12.8 Å². The van der Waals surface area contributed by atoms with Crippen molar-refractivity contribution in [2.24, 2.45) is 5.92 Å². The molecule has 0 bridgehead atoms. The van der Waals surface area contributed by atoms with Gasteiger partial charge in [0, 0.05) is 16.7 Å². The number of halogens is 4. The molecular formula is C33H36F4O2. The van der Waals surface area contributed by atoms with Gasteiger partial charge in [-0.1, -0.05) is 75.9 Å². The zero-order chi connectivity index (χ0) is 27.8. The molecule has 1 fully saturated rings. The van der Waals surface area contributed by atoms with E-state index in [1.807, 2.05) is 6.92 Å². The van der Waals surface area contributed by atoms with Crippen LogP contribution in [0.1, 0.15) is 76.9 Å². The summed E-state index contributed by atoms with van der Waals surface area (Å²) in [7, 11) is 0. The lowest BCUT2D eigenvalue weighted by atomic mass is 9.90. The molecule has 0 saturated carbocycles. The van der Waals surface area contributed by atoms with Gasteiger partial charge in [-0.15, -0.1) is 0 Å². The Kier molecular flexibility index (Phi) is 10.2. The molecule has 2 unspecified atom stereocenters. The Bertz CT molecular complexity index is 1260. The van der Waals surface area contributed by atoms with Crippen LogP contribution in [0.3, 0.4) is 0 Å². The third-order valence-corrected chi connectivity index (χ3v) is 7.38. The SMILES string of the molecule is CCC=COc1ccc(-c2ccc(-c3ccc(C4CCC(CCCCCC)CO4)c(F)c3F)cc2)c(F)c1F. The minimum atomic E-state index is -1.09. The standard InChI is InChI=1S/C33H36F4O2/c1-3-5-7-8-9-22-10-18-28(39-21-22)27-16-15-25(30(34)32(27)36)23-11-13-24(14-12-23)26-17-19-29(33(37)31(26)35)38-20-6-4-2/h6,11-17,19-20,22,28H,3-5,7-10,18,21H2,1-2H3. The monoisotopic (exact) mass is 540 g/mol. The zero-order valence-corrected chi connectivity index (χ0v) is 22.6. The summed E-state index contributed by atoms with van der Waals surface area (Å²) in [6.07, 6.45) is 10.8. The predicted octanol–water partition coefficient (Wildman–Crippen LogP) is 10.3.